The zero-order valence-electron chi connectivity index (χ0n) is 19.1. The Morgan fingerprint density at radius 3 is 2.32 bits per heavy atom. The molecule has 0 radical (unpaired) electrons. The first kappa shape index (κ1) is 23.6. The van der Waals surface area contributed by atoms with Crippen molar-refractivity contribution in [3.8, 4) is 28.9 Å². The third kappa shape index (κ3) is 5.01. The van der Waals surface area contributed by atoms with E-state index in [1.165, 1.54) is 0 Å². The van der Waals surface area contributed by atoms with E-state index < -0.39 is 0 Å². The van der Waals surface area contributed by atoms with Crippen molar-refractivity contribution in [2.75, 3.05) is 39.7 Å². The Morgan fingerprint density at radius 1 is 1.00 bits per heavy atom. The fourth-order valence-corrected chi connectivity index (χ4v) is 3.96. The van der Waals surface area contributed by atoms with Crippen molar-refractivity contribution in [3.05, 3.63) is 52.6 Å². The fraction of sp³-hybridized carbons (Fsp3) is 0.292. The smallest absolute Gasteiger partial charge is 0.257 e. The first-order valence-electron chi connectivity index (χ1n) is 10.7. The zero-order valence-corrected chi connectivity index (χ0v) is 20.7. The molecule has 1 saturated heterocycles. The predicted octanol–water partition coefficient (Wildman–Crippen LogP) is 5.04. The van der Waals surface area contributed by atoms with Crippen LogP contribution in [0, 0.1) is 0 Å². The first-order chi connectivity index (χ1) is 16.5. The Balaban J connectivity index is 1.60. The lowest BCUT2D eigenvalue weighted by Gasteiger charge is -2.18. The number of halogens is 1. The van der Waals surface area contributed by atoms with Gasteiger partial charge in [-0.25, -0.2) is 4.98 Å². The molecule has 1 aromatic heterocycles. The number of amides is 1. The number of aromatic nitrogens is 2. The van der Waals surface area contributed by atoms with Crippen molar-refractivity contribution < 1.29 is 23.7 Å². The van der Waals surface area contributed by atoms with E-state index in [9.17, 15) is 4.79 Å². The molecule has 1 aliphatic rings. The van der Waals surface area contributed by atoms with Crippen LogP contribution in [0.4, 0.5) is 11.6 Å². The summed E-state index contributed by atoms with van der Waals surface area (Å²) in [4.78, 5) is 23.6. The van der Waals surface area contributed by atoms with Crippen molar-refractivity contribution in [2.24, 2.45) is 0 Å². The van der Waals surface area contributed by atoms with Crippen LogP contribution in [0.2, 0.25) is 0 Å². The summed E-state index contributed by atoms with van der Waals surface area (Å²) in [6, 6.07) is 10.7. The topological polar surface area (TPSA) is 95.0 Å². The fourth-order valence-electron chi connectivity index (χ4n) is 3.69. The third-order valence-corrected chi connectivity index (χ3v) is 5.89. The van der Waals surface area contributed by atoms with Crippen LogP contribution in [0.5, 0.6) is 28.9 Å². The van der Waals surface area contributed by atoms with Gasteiger partial charge in [0.25, 0.3) is 5.91 Å². The number of hydrogen-bond acceptors (Lipinski definition) is 8. The number of methoxy groups -OCH3 is 3. The highest BCUT2D eigenvalue weighted by molar-refractivity contribution is 9.10. The maximum atomic E-state index is 13.0. The molecule has 0 atom stereocenters. The summed E-state index contributed by atoms with van der Waals surface area (Å²) in [5.41, 5.74) is 1.13. The molecule has 1 amide bonds. The molecule has 0 spiro atoms. The number of ether oxygens (including phenoxy) is 4. The molecule has 0 saturated carbocycles. The summed E-state index contributed by atoms with van der Waals surface area (Å²) in [6.45, 7) is 1.51. The minimum atomic E-state index is -0.0472. The van der Waals surface area contributed by atoms with E-state index >= 15 is 0 Å². The van der Waals surface area contributed by atoms with Crippen molar-refractivity contribution in [2.45, 2.75) is 12.8 Å². The number of likely N-dealkylation sites (tertiary alicyclic amines) is 1. The van der Waals surface area contributed by atoms with Crippen molar-refractivity contribution in [1.29, 1.82) is 0 Å². The predicted molar refractivity (Wildman–Crippen MR) is 131 cm³/mol. The van der Waals surface area contributed by atoms with Gasteiger partial charge in [0.15, 0.2) is 11.5 Å². The molecule has 9 nitrogen and oxygen atoms in total. The molecule has 2 heterocycles. The van der Waals surface area contributed by atoms with Gasteiger partial charge in [0.05, 0.1) is 37.6 Å². The molecular formula is C24H25BrN4O5. The summed E-state index contributed by atoms with van der Waals surface area (Å²) in [6.07, 6.45) is 3.61. The number of benzene rings is 2. The van der Waals surface area contributed by atoms with E-state index in [1.807, 2.05) is 17.0 Å². The number of carbonyl (C=O) groups excluding carboxylic acids is 1. The first-order valence-corrected chi connectivity index (χ1v) is 11.5. The Bertz CT molecular complexity index is 1160. The van der Waals surface area contributed by atoms with E-state index in [2.05, 4.69) is 31.2 Å². The highest BCUT2D eigenvalue weighted by Gasteiger charge is 2.23. The molecule has 1 aliphatic heterocycles. The monoisotopic (exact) mass is 528 g/mol. The van der Waals surface area contributed by atoms with Crippen molar-refractivity contribution >= 4 is 33.5 Å². The normalized spacial score (nSPS) is 12.9. The molecule has 34 heavy (non-hydrogen) atoms. The molecule has 10 heteroatoms. The van der Waals surface area contributed by atoms with Gasteiger partial charge in [-0.05, 0) is 40.9 Å². The highest BCUT2D eigenvalue weighted by atomic mass is 79.9. The highest BCUT2D eigenvalue weighted by Crippen LogP contribution is 2.40. The second kappa shape index (κ2) is 10.6. The Morgan fingerprint density at radius 2 is 1.68 bits per heavy atom. The third-order valence-electron chi connectivity index (χ3n) is 5.35. The van der Waals surface area contributed by atoms with E-state index in [-0.39, 0.29) is 17.7 Å². The number of para-hydroxylation sites is 1. The largest absolute Gasteiger partial charge is 0.493 e. The summed E-state index contributed by atoms with van der Waals surface area (Å²) in [5, 5.41) is 3.13. The van der Waals surface area contributed by atoms with Crippen LogP contribution in [0.15, 0.2) is 47.1 Å². The molecular weight excluding hydrogens is 504 g/mol. The van der Waals surface area contributed by atoms with Gasteiger partial charge in [-0.1, -0.05) is 12.1 Å². The van der Waals surface area contributed by atoms with E-state index in [1.54, 1.807) is 51.8 Å². The number of rotatable bonds is 8. The van der Waals surface area contributed by atoms with Gasteiger partial charge in [0, 0.05) is 30.9 Å². The van der Waals surface area contributed by atoms with Gasteiger partial charge in [-0.15, -0.1) is 0 Å². The number of nitrogens with one attached hydrogen (secondary N) is 1. The quantitative estimate of drug-likeness (QED) is 0.434. The second-order valence-electron chi connectivity index (χ2n) is 7.48. The lowest BCUT2D eigenvalue weighted by molar-refractivity contribution is 0.0790. The van der Waals surface area contributed by atoms with E-state index in [0.29, 0.717) is 38.7 Å². The summed E-state index contributed by atoms with van der Waals surface area (Å²) < 4.78 is 22.8. The van der Waals surface area contributed by atoms with Crippen LogP contribution in [-0.2, 0) is 0 Å². The standard InChI is InChI=1S/C24H25BrN4O5/c1-31-19-12-15(13-20(32-2)21(19)33-3)27-24-26-14-17(25)22(28-24)34-18-9-5-4-8-16(18)23(30)29-10-6-7-11-29/h4-5,8-9,12-14H,6-7,10-11H2,1-3H3,(H,26,27,28). The summed E-state index contributed by atoms with van der Waals surface area (Å²) >= 11 is 3.44. The SMILES string of the molecule is COc1cc(Nc2ncc(Br)c(Oc3ccccc3C(=O)N3CCCC3)n2)cc(OC)c1OC. The second-order valence-corrected chi connectivity index (χ2v) is 8.34. The molecule has 2 aromatic carbocycles. The number of carbonyl (C=O) groups is 1. The van der Waals surface area contributed by atoms with E-state index in [4.69, 9.17) is 18.9 Å². The van der Waals surface area contributed by atoms with Gasteiger partial charge >= 0.3 is 0 Å². The van der Waals surface area contributed by atoms with Crippen molar-refractivity contribution in [3.63, 3.8) is 0 Å². The zero-order chi connectivity index (χ0) is 24.1. The average molecular weight is 529 g/mol. The Kier molecular flexibility index (Phi) is 7.36. The van der Waals surface area contributed by atoms with Gasteiger partial charge in [0.1, 0.15) is 5.75 Å². The van der Waals surface area contributed by atoms with Crippen LogP contribution in [0.25, 0.3) is 0 Å². The Labute approximate surface area is 206 Å². The van der Waals surface area contributed by atoms with E-state index in [0.717, 1.165) is 25.9 Å². The number of hydrogen-bond donors (Lipinski definition) is 1. The minimum Gasteiger partial charge on any atom is -0.493 e. The average Bonchev–Trinajstić information content (AvgIpc) is 3.40. The van der Waals surface area contributed by atoms with Crippen LogP contribution in [-0.4, -0.2) is 55.2 Å². The van der Waals surface area contributed by atoms with Crippen LogP contribution in [0.1, 0.15) is 23.2 Å². The van der Waals surface area contributed by atoms with Crippen LogP contribution >= 0.6 is 15.9 Å². The van der Waals surface area contributed by atoms with Crippen LogP contribution in [0.3, 0.4) is 0 Å². The van der Waals surface area contributed by atoms with Gasteiger partial charge in [-0.2, -0.15) is 4.98 Å². The minimum absolute atomic E-state index is 0.0472. The number of nitrogens with zero attached hydrogens (tertiary/aromatic N) is 3. The maximum absolute atomic E-state index is 13.0. The maximum Gasteiger partial charge on any atom is 0.257 e. The Hall–Kier alpha value is -3.53. The molecule has 0 aliphatic carbocycles. The molecule has 4 rings (SSSR count). The van der Waals surface area contributed by atoms with Gasteiger partial charge in [-0.3, -0.25) is 4.79 Å². The number of anilines is 2. The van der Waals surface area contributed by atoms with Crippen molar-refractivity contribution in [1.82, 2.24) is 14.9 Å². The summed E-state index contributed by atoms with van der Waals surface area (Å²) in [5.74, 6) is 2.41. The van der Waals surface area contributed by atoms with Gasteiger partial charge < -0.3 is 29.2 Å². The molecule has 3 aromatic rings. The molecule has 1 N–H and O–H groups in total. The molecule has 178 valence electrons. The molecule has 1 fully saturated rings. The summed E-state index contributed by atoms with van der Waals surface area (Å²) in [7, 11) is 4.63. The lowest BCUT2D eigenvalue weighted by Crippen LogP contribution is -2.27. The molecule has 0 bridgehead atoms. The van der Waals surface area contributed by atoms with Gasteiger partial charge in [0.2, 0.25) is 17.6 Å². The molecule has 0 unspecified atom stereocenters. The lowest BCUT2D eigenvalue weighted by atomic mass is 10.2. The van der Waals surface area contributed by atoms with Crippen LogP contribution < -0.4 is 24.3 Å².